The van der Waals surface area contributed by atoms with Crippen LogP contribution in [0.3, 0.4) is 0 Å². The summed E-state index contributed by atoms with van der Waals surface area (Å²) in [5.74, 6) is -0.309. The van der Waals surface area contributed by atoms with Crippen molar-refractivity contribution in [3.63, 3.8) is 0 Å². The first-order valence-electron chi connectivity index (χ1n) is 9.93. The van der Waals surface area contributed by atoms with Gasteiger partial charge in [-0.25, -0.2) is 0 Å². The van der Waals surface area contributed by atoms with E-state index in [0.717, 1.165) is 22.2 Å². The number of aliphatic hydroxyl groups excluding tert-OH is 1. The van der Waals surface area contributed by atoms with E-state index in [1.807, 2.05) is 31.2 Å². The number of fused-ring (bicyclic) bond motifs is 1. The molecule has 1 saturated carbocycles. The van der Waals surface area contributed by atoms with E-state index >= 15 is 0 Å². The highest BCUT2D eigenvalue weighted by Crippen LogP contribution is 2.29. The van der Waals surface area contributed by atoms with Crippen LogP contribution in [0.5, 0.6) is 0 Å². The molecule has 1 aromatic carbocycles. The van der Waals surface area contributed by atoms with Crippen molar-refractivity contribution in [2.75, 3.05) is 26.3 Å². The van der Waals surface area contributed by atoms with Crippen molar-refractivity contribution >= 4 is 22.7 Å². The Morgan fingerprint density at radius 1 is 1.25 bits per heavy atom. The lowest BCUT2D eigenvalue weighted by Gasteiger charge is -2.29. The van der Waals surface area contributed by atoms with Gasteiger partial charge in [0.1, 0.15) is 0 Å². The molecule has 1 aromatic heterocycles. The van der Waals surface area contributed by atoms with Crippen molar-refractivity contribution in [2.24, 2.45) is 5.92 Å². The summed E-state index contributed by atoms with van der Waals surface area (Å²) >= 11 is 0. The van der Waals surface area contributed by atoms with Crippen molar-refractivity contribution in [3.05, 3.63) is 35.5 Å². The fourth-order valence-electron chi connectivity index (χ4n) is 4.40. The van der Waals surface area contributed by atoms with E-state index in [1.165, 1.54) is 0 Å². The van der Waals surface area contributed by atoms with Gasteiger partial charge in [0.25, 0.3) is 0 Å². The number of rotatable bonds is 4. The summed E-state index contributed by atoms with van der Waals surface area (Å²) in [5, 5.41) is 14.4. The Hall–Kier alpha value is -2.38. The molecule has 2 fully saturated rings. The molecule has 4 rings (SSSR count). The molecule has 1 aliphatic carbocycles. The third-order valence-corrected chi connectivity index (χ3v) is 5.91. The molecule has 0 radical (unpaired) electrons. The molecule has 2 aromatic rings. The van der Waals surface area contributed by atoms with E-state index < -0.39 is 6.10 Å². The van der Waals surface area contributed by atoms with Gasteiger partial charge in [-0.1, -0.05) is 18.2 Å². The van der Waals surface area contributed by atoms with Gasteiger partial charge in [-0.05, 0) is 31.4 Å². The topological polar surface area (TPSA) is 94.7 Å². The number of carbonyl (C=O) groups excluding carboxylic acids is 2. The highest BCUT2D eigenvalue weighted by molar-refractivity contribution is 5.90. The normalized spacial score (nSPS) is 25.2. The number of para-hydroxylation sites is 1. The van der Waals surface area contributed by atoms with Crippen molar-refractivity contribution in [1.82, 2.24) is 15.2 Å². The van der Waals surface area contributed by atoms with Crippen LogP contribution in [0.4, 0.5) is 0 Å². The molecule has 28 heavy (non-hydrogen) atoms. The van der Waals surface area contributed by atoms with Crippen LogP contribution in [0.1, 0.15) is 24.1 Å². The number of aryl methyl sites for hydroxylation is 1. The van der Waals surface area contributed by atoms with Crippen LogP contribution >= 0.6 is 0 Å². The molecule has 3 atom stereocenters. The second-order valence-corrected chi connectivity index (χ2v) is 7.80. The molecule has 0 unspecified atom stereocenters. The molecule has 0 spiro atoms. The molecule has 1 saturated heterocycles. The molecule has 150 valence electrons. The zero-order valence-electron chi connectivity index (χ0n) is 16.1. The number of hydrogen-bond acceptors (Lipinski definition) is 4. The summed E-state index contributed by atoms with van der Waals surface area (Å²) in [6.45, 7) is 4.28. The van der Waals surface area contributed by atoms with Gasteiger partial charge >= 0.3 is 0 Å². The van der Waals surface area contributed by atoms with Crippen LogP contribution in [0.15, 0.2) is 24.3 Å². The van der Waals surface area contributed by atoms with E-state index in [2.05, 4.69) is 10.3 Å². The average Bonchev–Trinajstić information content (AvgIpc) is 3.22. The number of nitrogens with one attached hydrogen (secondary N) is 2. The molecular formula is C21H27N3O4. The lowest BCUT2D eigenvalue weighted by Crippen LogP contribution is -2.44. The molecule has 7 heteroatoms. The summed E-state index contributed by atoms with van der Waals surface area (Å²) in [6.07, 6.45) is 0.438. The zero-order valence-corrected chi connectivity index (χ0v) is 16.1. The van der Waals surface area contributed by atoms with Crippen molar-refractivity contribution in [1.29, 1.82) is 0 Å². The second kappa shape index (κ2) is 7.93. The van der Waals surface area contributed by atoms with Gasteiger partial charge < -0.3 is 25.0 Å². The first-order chi connectivity index (χ1) is 13.5. The molecule has 7 nitrogen and oxygen atoms in total. The lowest BCUT2D eigenvalue weighted by atomic mass is 10.1. The number of morpholine rings is 1. The summed E-state index contributed by atoms with van der Waals surface area (Å²) in [4.78, 5) is 30.4. The van der Waals surface area contributed by atoms with Gasteiger partial charge in [0.15, 0.2) is 0 Å². The van der Waals surface area contributed by atoms with Gasteiger partial charge in [0.05, 0.1) is 31.8 Å². The van der Waals surface area contributed by atoms with E-state index in [0.29, 0.717) is 39.1 Å². The Bertz CT molecular complexity index is 872. The SMILES string of the molecule is Cc1[nH]c2ccccc2c1CC(=O)N[C@H]1C[C@H](C(=O)N2CCOCC2)C[C@@H]1O. The molecule has 2 amide bonds. The molecule has 0 bridgehead atoms. The van der Waals surface area contributed by atoms with Crippen LogP contribution in [0.25, 0.3) is 10.9 Å². The number of H-pyrrole nitrogens is 1. The Morgan fingerprint density at radius 2 is 2.00 bits per heavy atom. The molecule has 3 N–H and O–H groups in total. The minimum atomic E-state index is -0.692. The standard InChI is InChI=1S/C21H27N3O4/c1-13-16(15-4-2-3-5-17(15)22-13)12-20(26)23-18-10-14(11-19(18)25)21(27)24-6-8-28-9-7-24/h2-5,14,18-19,22,25H,6-12H2,1H3,(H,23,26)/t14-,18-,19-/m0/s1. The van der Waals surface area contributed by atoms with Crippen LogP contribution < -0.4 is 5.32 Å². The third-order valence-electron chi connectivity index (χ3n) is 5.91. The predicted octanol–water partition coefficient (Wildman–Crippen LogP) is 1.13. The maximum Gasteiger partial charge on any atom is 0.226 e. The third kappa shape index (κ3) is 3.77. The first-order valence-corrected chi connectivity index (χ1v) is 9.93. The van der Waals surface area contributed by atoms with E-state index in [4.69, 9.17) is 4.74 Å². The number of aromatic nitrogens is 1. The van der Waals surface area contributed by atoms with Gasteiger partial charge in [-0.15, -0.1) is 0 Å². The van der Waals surface area contributed by atoms with Crippen LogP contribution in [-0.4, -0.2) is 65.3 Å². The number of hydrogen-bond donors (Lipinski definition) is 3. The summed E-state index contributed by atoms with van der Waals surface area (Å²) in [6, 6.07) is 7.53. The van der Waals surface area contributed by atoms with Gasteiger partial charge in [-0.2, -0.15) is 0 Å². The molecule has 2 heterocycles. The van der Waals surface area contributed by atoms with Crippen LogP contribution in [-0.2, 0) is 20.7 Å². The summed E-state index contributed by atoms with van der Waals surface area (Å²) in [5.41, 5.74) is 2.96. The summed E-state index contributed by atoms with van der Waals surface area (Å²) < 4.78 is 5.29. The summed E-state index contributed by atoms with van der Waals surface area (Å²) in [7, 11) is 0. The van der Waals surface area contributed by atoms with Gasteiger partial charge in [-0.3, -0.25) is 9.59 Å². The number of benzene rings is 1. The maximum absolute atomic E-state index is 12.7. The number of ether oxygens (including phenoxy) is 1. The zero-order chi connectivity index (χ0) is 19.7. The number of aromatic amines is 1. The fraction of sp³-hybridized carbons (Fsp3) is 0.524. The Labute approximate surface area is 164 Å². The Morgan fingerprint density at radius 3 is 2.79 bits per heavy atom. The predicted molar refractivity (Wildman–Crippen MR) is 105 cm³/mol. The first kappa shape index (κ1) is 19.0. The monoisotopic (exact) mass is 385 g/mol. The highest BCUT2D eigenvalue weighted by atomic mass is 16.5. The van der Waals surface area contributed by atoms with E-state index in [-0.39, 0.29) is 30.2 Å². The Kier molecular flexibility index (Phi) is 5.37. The highest BCUT2D eigenvalue weighted by Gasteiger charge is 2.39. The number of aliphatic hydroxyl groups is 1. The average molecular weight is 385 g/mol. The van der Waals surface area contributed by atoms with Crippen molar-refractivity contribution in [3.8, 4) is 0 Å². The molecular weight excluding hydrogens is 358 g/mol. The number of carbonyl (C=O) groups is 2. The minimum absolute atomic E-state index is 0.0616. The lowest BCUT2D eigenvalue weighted by molar-refractivity contribution is -0.139. The minimum Gasteiger partial charge on any atom is -0.391 e. The number of nitrogens with zero attached hydrogens (tertiary/aromatic N) is 1. The molecule has 1 aliphatic heterocycles. The fourth-order valence-corrected chi connectivity index (χ4v) is 4.40. The van der Waals surface area contributed by atoms with E-state index in [9.17, 15) is 14.7 Å². The van der Waals surface area contributed by atoms with Crippen molar-refractivity contribution < 1.29 is 19.4 Å². The maximum atomic E-state index is 12.7. The van der Waals surface area contributed by atoms with Gasteiger partial charge in [0, 0.05) is 35.6 Å². The smallest absolute Gasteiger partial charge is 0.226 e. The second-order valence-electron chi connectivity index (χ2n) is 7.80. The number of amides is 2. The van der Waals surface area contributed by atoms with E-state index in [1.54, 1.807) is 4.90 Å². The van der Waals surface area contributed by atoms with Gasteiger partial charge in [0.2, 0.25) is 11.8 Å². The van der Waals surface area contributed by atoms with Crippen LogP contribution in [0, 0.1) is 12.8 Å². The molecule has 2 aliphatic rings. The quantitative estimate of drug-likeness (QED) is 0.735. The van der Waals surface area contributed by atoms with Crippen molar-refractivity contribution in [2.45, 2.75) is 38.3 Å². The van der Waals surface area contributed by atoms with Crippen LogP contribution in [0.2, 0.25) is 0 Å². The largest absolute Gasteiger partial charge is 0.391 e. The Balaban J connectivity index is 1.38.